The summed E-state index contributed by atoms with van der Waals surface area (Å²) >= 11 is 0. The SMILES string of the molecule is CNc1cc(P)c(OC)c(OC)c1. The minimum Gasteiger partial charge on any atom is -0.493 e. The molecule has 1 rings (SSSR count). The lowest BCUT2D eigenvalue weighted by atomic mass is 10.2. The van der Waals surface area contributed by atoms with Crippen LogP contribution in [0.2, 0.25) is 0 Å². The standard InChI is InChI=1S/C9H14NO2P/c1-10-6-4-7(11-2)9(12-3)8(13)5-6/h4-5,10H,13H2,1-3H3. The molecule has 1 aromatic rings. The summed E-state index contributed by atoms with van der Waals surface area (Å²) in [5, 5.41) is 4.02. The van der Waals surface area contributed by atoms with Gasteiger partial charge in [0.1, 0.15) is 0 Å². The molecule has 0 heterocycles. The van der Waals surface area contributed by atoms with Gasteiger partial charge < -0.3 is 14.8 Å². The van der Waals surface area contributed by atoms with Crippen molar-refractivity contribution in [3.8, 4) is 11.5 Å². The van der Waals surface area contributed by atoms with E-state index in [1.165, 1.54) is 0 Å². The second-order valence-electron chi connectivity index (χ2n) is 2.55. The van der Waals surface area contributed by atoms with Crippen molar-refractivity contribution in [3.05, 3.63) is 12.1 Å². The van der Waals surface area contributed by atoms with Gasteiger partial charge in [-0.25, -0.2) is 0 Å². The van der Waals surface area contributed by atoms with Crippen LogP contribution in [0.15, 0.2) is 12.1 Å². The van der Waals surface area contributed by atoms with Crippen LogP contribution in [0.3, 0.4) is 0 Å². The van der Waals surface area contributed by atoms with E-state index in [0.29, 0.717) is 0 Å². The zero-order chi connectivity index (χ0) is 9.84. The van der Waals surface area contributed by atoms with Crippen molar-refractivity contribution in [3.63, 3.8) is 0 Å². The summed E-state index contributed by atoms with van der Waals surface area (Å²) in [4.78, 5) is 0. The van der Waals surface area contributed by atoms with Crippen LogP contribution in [-0.2, 0) is 0 Å². The third-order valence-electron chi connectivity index (χ3n) is 1.80. The number of hydrogen-bond donors (Lipinski definition) is 1. The van der Waals surface area contributed by atoms with E-state index in [1.807, 2.05) is 19.2 Å². The molecule has 1 aromatic carbocycles. The van der Waals surface area contributed by atoms with Crippen LogP contribution in [0.1, 0.15) is 0 Å². The fourth-order valence-corrected chi connectivity index (χ4v) is 1.58. The fraction of sp³-hybridized carbons (Fsp3) is 0.333. The van der Waals surface area contributed by atoms with E-state index in [1.54, 1.807) is 14.2 Å². The normalized spacial score (nSPS) is 9.54. The first-order chi connectivity index (χ1) is 6.22. The average molecular weight is 199 g/mol. The van der Waals surface area contributed by atoms with Crippen LogP contribution < -0.4 is 20.1 Å². The van der Waals surface area contributed by atoms with Gasteiger partial charge in [-0.2, -0.15) is 0 Å². The van der Waals surface area contributed by atoms with Gasteiger partial charge in [0.15, 0.2) is 11.5 Å². The quantitative estimate of drug-likeness (QED) is 0.743. The van der Waals surface area contributed by atoms with E-state index >= 15 is 0 Å². The molecule has 0 saturated heterocycles. The van der Waals surface area contributed by atoms with E-state index in [2.05, 4.69) is 14.6 Å². The highest BCUT2D eigenvalue weighted by atomic mass is 31.0. The molecule has 0 spiro atoms. The Morgan fingerprint density at radius 3 is 2.38 bits per heavy atom. The van der Waals surface area contributed by atoms with E-state index in [-0.39, 0.29) is 0 Å². The van der Waals surface area contributed by atoms with Gasteiger partial charge in [0, 0.05) is 24.1 Å². The Kier molecular flexibility index (Phi) is 3.38. The number of nitrogens with one attached hydrogen (secondary N) is 1. The summed E-state index contributed by atoms with van der Waals surface area (Å²) in [7, 11) is 7.74. The number of hydrogen-bond acceptors (Lipinski definition) is 3. The molecule has 0 saturated carbocycles. The molecule has 3 nitrogen and oxygen atoms in total. The van der Waals surface area contributed by atoms with Gasteiger partial charge in [-0.05, 0) is 6.07 Å². The lowest BCUT2D eigenvalue weighted by Crippen LogP contribution is -2.03. The van der Waals surface area contributed by atoms with Gasteiger partial charge in [-0.15, -0.1) is 9.24 Å². The van der Waals surface area contributed by atoms with E-state index < -0.39 is 0 Å². The Bertz CT molecular complexity index is 302. The summed E-state index contributed by atoms with van der Waals surface area (Å²) in [6.07, 6.45) is 0. The number of anilines is 1. The third-order valence-corrected chi connectivity index (χ3v) is 2.23. The summed E-state index contributed by atoms with van der Waals surface area (Å²) in [5.41, 5.74) is 1.00. The summed E-state index contributed by atoms with van der Waals surface area (Å²) in [6, 6.07) is 3.87. The second kappa shape index (κ2) is 4.33. The predicted molar refractivity (Wildman–Crippen MR) is 58.4 cm³/mol. The van der Waals surface area contributed by atoms with Crippen molar-refractivity contribution in [2.75, 3.05) is 26.6 Å². The second-order valence-corrected chi connectivity index (χ2v) is 3.17. The Balaban J connectivity index is 3.20. The van der Waals surface area contributed by atoms with Crippen LogP contribution >= 0.6 is 9.24 Å². The molecule has 0 bridgehead atoms. The molecule has 4 heteroatoms. The lowest BCUT2D eigenvalue weighted by Gasteiger charge is -2.12. The molecule has 1 atom stereocenters. The zero-order valence-corrected chi connectivity index (χ0v) is 9.20. The van der Waals surface area contributed by atoms with Gasteiger partial charge in [0.25, 0.3) is 0 Å². The maximum absolute atomic E-state index is 5.19. The van der Waals surface area contributed by atoms with Gasteiger partial charge in [-0.3, -0.25) is 0 Å². The molecule has 0 radical (unpaired) electrons. The molecule has 72 valence electrons. The number of methoxy groups -OCH3 is 2. The molecular formula is C9H14NO2P. The Hall–Kier alpha value is -0.950. The Labute approximate surface area is 80.6 Å². The maximum atomic E-state index is 5.19. The van der Waals surface area contributed by atoms with E-state index in [0.717, 1.165) is 22.5 Å². The van der Waals surface area contributed by atoms with Crippen LogP contribution in [0.5, 0.6) is 11.5 Å². The van der Waals surface area contributed by atoms with Crippen LogP contribution in [0.25, 0.3) is 0 Å². The highest BCUT2D eigenvalue weighted by Gasteiger charge is 2.07. The molecule has 13 heavy (non-hydrogen) atoms. The fourth-order valence-electron chi connectivity index (χ4n) is 1.14. The molecule has 0 aromatic heterocycles. The summed E-state index contributed by atoms with van der Waals surface area (Å²) in [5.74, 6) is 1.49. The Morgan fingerprint density at radius 1 is 1.23 bits per heavy atom. The van der Waals surface area contributed by atoms with Crippen molar-refractivity contribution in [2.45, 2.75) is 0 Å². The largest absolute Gasteiger partial charge is 0.493 e. The van der Waals surface area contributed by atoms with Crippen LogP contribution in [0, 0.1) is 0 Å². The first-order valence-corrected chi connectivity index (χ1v) is 4.50. The molecular weight excluding hydrogens is 185 g/mol. The van der Waals surface area contributed by atoms with E-state index in [4.69, 9.17) is 9.47 Å². The monoisotopic (exact) mass is 199 g/mol. The van der Waals surface area contributed by atoms with Crippen molar-refractivity contribution >= 4 is 20.2 Å². The number of ether oxygens (including phenoxy) is 2. The first kappa shape index (κ1) is 10.1. The smallest absolute Gasteiger partial charge is 0.167 e. The summed E-state index contributed by atoms with van der Waals surface area (Å²) in [6.45, 7) is 0. The maximum Gasteiger partial charge on any atom is 0.167 e. The molecule has 0 aliphatic heterocycles. The molecule has 0 aliphatic carbocycles. The van der Waals surface area contributed by atoms with Gasteiger partial charge in [-0.1, -0.05) is 0 Å². The van der Waals surface area contributed by atoms with Crippen LogP contribution in [-0.4, -0.2) is 21.3 Å². The third kappa shape index (κ3) is 2.04. The molecule has 1 N–H and O–H groups in total. The Morgan fingerprint density at radius 2 is 1.92 bits per heavy atom. The highest BCUT2D eigenvalue weighted by Crippen LogP contribution is 2.29. The van der Waals surface area contributed by atoms with Gasteiger partial charge >= 0.3 is 0 Å². The lowest BCUT2D eigenvalue weighted by molar-refractivity contribution is 0.357. The topological polar surface area (TPSA) is 30.5 Å². The summed E-state index contributed by atoms with van der Waals surface area (Å²) < 4.78 is 10.4. The molecule has 0 fully saturated rings. The van der Waals surface area contributed by atoms with Crippen molar-refractivity contribution in [1.82, 2.24) is 0 Å². The molecule has 0 aliphatic rings. The van der Waals surface area contributed by atoms with Crippen molar-refractivity contribution in [2.24, 2.45) is 0 Å². The van der Waals surface area contributed by atoms with E-state index in [9.17, 15) is 0 Å². The van der Waals surface area contributed by atoms with Gasteiger partial charge in [0.2, 0.25) is 0 Å². The average Bonchev–Trinajstić information content (AvgIpc) is 2.16. The zero-order valence-electron chi connectivity index (χ0n) is 8.05. The first-order valence-electron chi connectivity index (χ1n) is 3.92. The number of rotatable bonds is 3. The molecule has 0 amide bonds. The minimum atomic E-state index is 0.736. The highest BCUT2D eigenvalue weighted by molar-refractivity contribution is 7.27. The van der Waals surface area contributed by atoms with Crippen LogP contribution in [0.4, 0.5) is 5.69 Å². The van der Waals surface area contributed by atoms with Gasteiger partial charge in [0.05, 0.1) is 14.2 Å². The van der Waals surface area contributed by atoms with Crippen molar-refractivity contribution in [1.29, 1.82) is 0 Å². The minimum absolute atomic E-state index is 0.736. The molecule has 1 unspecified atom stereocenters. The van der Waals surface area contributed by atoms with Crippen molar-refractivity contribution < 1.29 is 9.47 Å². The number of benzene rings is 1. The predicted octanol–water partition coefficient (Wildman–Crippen LogP) is 1.25.